The summed E-state index contributed by atoms with van der Waals surface area (Å²) in [6, 6.07) is 11.6. The molecule has 13 heteroatoms. The fourth-order valence-electron chi connectivity index (χ4n) is 2.58. The van der Waals surface area contributed by atoms with Gasteiger partial charge in [0.25, 0.3) is 0 Å². The average Bonchev–Trinajstić information content (AvgIpc) is 3.02. The van der Waals surface area contributed by atoms with Crippen molar-refractivity contribution in [2.45, 2.75) is 25.0 Å². The molecule has 0 spiro atoms. The van der Waals surface area contributed by atoms with E-state index in [-0.39, 0.29) is 17.9 Å². The van der Waals surface area contributed by atoms with Gasteiger partial charge >= 0.3 is 22.9 Å². The number of hydrogen-bond donors (Lipinski definition) is 0. The number of benzene rings is 2. The summed E-state index contributed by atoms with van der Waals surface area (Å²) in [6.07, 6.45) is 1.51. The molecule has 3 rings (SSSR count). The molecule has 0 amide bonds. The Morgan fingerprint density at radius 2 is 1.66 bits per heavy atom. The predicted molar refractivity (Wildman–Crippen MR) is 105 cm³/mol. The highest BCUT2D eigenvalue weighted by molar-refractivity contribution is 7.88. The number of nitriles is 1. The minimum Gasteiger partial charge on any atom is -0.457 e. The summed E-state index contributed by atoms with van der Waals surface area (Å²) < 4.78 is 87.2. The highest BCUT2D eigenvalue weighted by Gasteiger charge is 2.48. The van der Waals surface area contributed by atoms with Crippen LogP contribution in [0.1, 0.15) is 24.0 Å². The molecule has 0 aromatic heterocycles. The molecule has 1 aliphatic heterocycles. The van der Waals surface area contributed by atoms with Crippen LogP contribution in [-0.2, 0) is 30.7 Å². The normalized spacial score (nSPS) is 15.0. The Kier molecular flexibility index (Phi) is 7.62. The van der Waals surface area contributed by atoms with Gasteiger partial charge in [-0.3, -0.25) is 0 Å². The molecule has 0 radical (unpaired) electrons. The molecule has 8 nitrogen and oxygen atoms in total. The minimum absolute atomic E-state index is 0.0413. The van der Waals surface area contributed by atoms with Crippen molar-refractivity contribution in [1.82, 2.24) is 0 Å². The van der Waals surface area contributed by atoms with Crippen molar-refractivity contribution < 1.29 is 44.5 Å². The lowest BCUT2D eigenvalue weighted by Crippen LogP contribution is -2.29. The Bertz CT molecular complexity index is 1060. The minimum atomic E-state index is -5.89. The molecule has 2 aromatic rings. The third kappa shape index (κ3) is 6.36. The third-order valence-corrected chi connectivity index (χ3v) is 5.12. The van der Waals surface area contributed by atoms with E-state index >= 15 is 0 Å². The number of halogens is 3. The number of ether oxygens (including phenoxy) is 1. The van der Waals surface area contributed by atoms with E-state index in [4.69, 9.17) is 24.0 Å². The van der Waals surface area contributed by atoms with Crippen molar-refractivity contribution in [1.29, 1.82) is 5.26 Å². The maximum atomic E-state index is 12.8. The van der Waals surface area contributed by atoms with Crippen LogP contribution < -0.4 is 8.92 Å². The molecule has 0 unspecified atom stereocenters. The van der Waals surface area contributed by atoms with Crippen LogP contribution >= 0.6 is 0 Å². The number of rotatable bonds is 7. The third-order valence-electron chi connectivity index (χ3n) is 4.16. The Hall–Kier alpha value is -2.79. The standard InChI is InChI=1S/C19H17BF3NO7S/c21-19(22,23)32(25,26)31-18-8-7-17(30-16-5-3-14(12-24)4-6-16)11-15(18)13-29-20-27-9-1-2-10-28-20/h3-8,11H,1-2,9-10,13H2. The van der Waals surface area contributed by atoms with E-state index in [9.17, 15) is 21.6 Å². The van der Waals surface area contributed by atoms with E-state index in [1.54, 1.807) is 0 Å². The monoisotopic (exact) mass is 471 g/mol. The molecule has 0 aliphatic carbocycles. The van der Waals surface area contributed by atoms with Crippen molar-refractivity contribution in [2.24, 2.45) is 0 Å². The molecule has 0 N–H and O–H groups in total. The molecule has 1 saturated heterocycles. The van der Waals surface area contributed by atoms with Gasteiger partial charge in [-0.1, -0.05) is 0 Å². The van der Waals surface area contributed by atoms with Crippen LogP contribution in [0.25, 0.3) is 0 Å². The maximum Gasteiger partial charge on any atom is 0.639 e. The van der Waals surface area contributed by atoms with Gasteiger partial charge < -0.3 is 22.9 Å². The molecule has 32 heavy (non-hydrogen) atoms. The molecule has 0 atom stereocenters. The topological polar surface area (TPSA) is 104 Å². The van der Waals surface area contributed by atoms with E-state index in [0.717, 1.165) is 18.9 Å². The second-order valence-corrected chi connectivity index (χ2v) is 8.08. The average molecular weight is 471 g/mol. The zero-order chi connectivity index (χ0) is 23.2. The summed E-state index contributed by atoms with van der Waals surface area (Å²) >= 11 is 0. The molecular weight excluding hydrogens is 454 g/mol. The van der Waals surface area contributed by atoms with E-state index < -0.39 is 28.7 Å². The zero-order valence-electron chi connectivity index (χ0n) is 16.5. The zero-order valence-corrected chi connectivity index (χ0v) is 17.3. The van der Waals surface area contributed by atoms with Crippen molar-refractivity contribution in [2.75, 3.05) is 13.2 Å². The largest absolute Gasteiger partial charge is 0.639 e. The molecule has 0 saturated carbocycles. The van der Waals surface area contributed by atoms with Gasteiger partial charge in [0.15, 0.2) is 0 Å². The Labute approximate surface area is 182 Å². The summed E-state index contributed by atoms with van der Waals surface area (Å²) in [4.78, 5) is 0. The molecule has 170 valence electrons. The Morgan fingerprint density at radius 3 is 2.25 bits per heavy atom. The first-order valence-corrected chi connectivity index (χ1v) is 10.8. The number of alkyl halides is 3. The molecule has 1 heterocycles. The van der Waals surface area contributed by atoms with Gasteiger partial charge in [0, 0.05) is 18.8 Å². The van der Waals surface area contributed by atoms with Crippen LogP contribution in [0.2, 0.25) is 0 Å². The van der Waals surface area contributed by atoms with Crippen LogP contribution in [0.3, 0.4) is 0 Å². The van der Waals surface area contributed by atoms with E-state index in [1.807, 2.05) is 6.07 Å². The smallest absolute Gasteiger partial charge is 0.457 e. The summed E-state index contributed by atoms with van der Waals surface area (Å²) in [5.74, 6) is -0.0567. The summed E-state index contributed by atoms with van der Waals surface area (Å²) in [5, 5.41) is 8.85. The highest BCUT2D eigenvalue weighted by Crippen LogP contribution is 2.33. The number of hydrogen-bond acceptors (Lipinski definition) is 8. The van der Waals surface area contributed by atoms with Crippen LogP contribution in [-0.4, -0.2) is 34.5 Å². The van der Waals surface area contributed by atoms with Gasteiger partial charge in [-0.05, 0) is 55.3 Å². The van der Waals surface area contributed by atoms with Crippen LogP contribution in [0, 0.1) is 11.3 Å². The van der Waals surface area contributed by atoms with E-state index in [0.29, 0.717) is 24.5 Å². The van der Waals surface area contributed by atoms with Crippen LogP contribution in [0.4, 0.5) is 13.2 Å². The fraction of sp³-hybridized carbons (Fsp3) is 0.316. The van der Waals surface area contributed by atoms with Crippen molar-refractivity contribution in [3.05, 3.63) is 53.6 Å². The fourth-order valence-corrected chi connectivity index (χ4v) is 3.07. The first kappa shape index (κ1) is 23.9. The summed E-state index contributed by atoms with van der Waals surface area (Å²) in [7, 11) is -6.95. The summed E-state index contributed by atoms with van der Waals surface area (Å²) in [6.45, 7) is 0.370. The van der Waals surface area contributed by atoms with Crippen molar-refractivity contribution in [3.63, 3.8) is 0 Å². The highest BCUT2D eigenvalue weighted by atomic mass is 32.2. The van der Waals surface area contributed by atoms with Gasteiger partial charge in [0.2, 0.25) is 0 Å². The molecule has 1 fully saturated rings. The predicted octanol–water partition coefficient (Wildman–Crippen LogP) is 3.91. The lowest BCUT2D eigenvalue weighted by molar-refractivity contribution is -0.0500. The molecule has 2 aromatic carbocycles. The second-order valence-electron chi connectivity index (χ2n) is 6.54. The molecule has 1 aliphatic rings. The van der Waals surface area contributed by atoms with Crippen LogP contribution in [0.5, 0.6) is 17.2 Å². The molecule has 0 bridgehead atoms. The lowest BCUT2D eigenvalue weighted by Gasteiger charge is -2.16. The number of nitrogens with zero attached hydrogens (tertiary/aromatic N) is 1. The van der Waals surface area contributed by atoms with E-state index in [2.05, 4.69) is 4.18 Å². The van der Waals surface area contributed by atoms with Gasteiger partial charge in [-0.15, -0.1) is 0 Å². The lowest BCUT2D eigenvalue weighted by atomic mass is 10.1. The Balaban J connectivity index is 1.83. The van der Waals surface area contributed by atoms with Gasteiger partial charge in [-0.25, -0.2) is 0 Å². The van der Waals surface area contributed by atoms with Gasteiger partial charge in [0.1, 0.15) is 17.2 Å². The quantitative estimate of drug-likeness (QED) is 0.340. The second kappa shape index (κ2) is 10.2. The Morgan fingerprint density at radius 1 is 1.03 bits per heavy atom. The molecular formula is C19H17BF3NO7S. The SMILES string of the molecule is N#Cc1ccc(Oc2ccc(OS(=O)(=O)C(F)(F)F)c(COB3OCCCCO3)c2)cc1. The van der Waals surface area contributed by atoms with Gasteiger partial charge in [0.05, 0.1) is 18.2 Å². The van der Waals surface area contributed by atoms with Crippen LogP contribution in [0.15, 0.2) is 42.5 Å². The van der Waals surface area contributed by atoms with Crippen molar-refractivity contribution in [3.8, 4) is 23.3 Å². The van der Waals surface area contributed by atoms with Gasteiger partial charge in [-0.2, -0.15) is 26.9 Å². The first-order chi connectivity index (χ1) is 15.2. The maximum absolute atomic E-state index is 12.8. The van der Waals surface area contributed by atoms with Crippen molar-refractivity contribution >= 4 is 17.4 Å². The van der Waals surface area contributed by atoms with E-state index in [1.165, 1.54) is 36.4 Å². The first-order valence-electron chi connectivity index (χ1n) is 9.34. The summed E-state index contributed by atoms with van der Waals surface area (Å²) in [5.41, 5.74) is -5.23.